The largest absolute Gasteiger partial charge is 0.497 e. The van der Waals surface area contributed by atoms with Gasteiger partial charge in [0.25, 0.3) is 0 Å². The van der Waals surface area contributed by atoms with Gasteiger partial charge in [-0.1, -0.05) is 60.7 Å². The highest BCUT2D eigenvalue weighted by Gasteiger charge is 2.17. The number of hydrogen-bond donors (Lipinski definition) is 0. The van der Waals surface area contributed by atoms with Gasteiger partial charge in [0.05, 0.1) is 32.4 Å². The van der Waals surface area contributed by atoms with Crippen molar-refractivity contribution < 1.29 is 9.47 Å². The van der Waals surface area contributed by atoms with Crippen LogP contribution in [0.5, 0.6) is 11.5 Å². The second kappa shape index (κ2) is 9.78. The Labute approximate surface area is 176 Å². The van der Waals surface area contributed by atoms with Crippen LogP contribution in [0.1, 0.15) is 22.3 Å². The Morgan fingerprint density at radius 3 is 1.83 bits per heavy atom. The van der Waals surface area contributed by atoms with Crippen LogP contribution in [0.4, 0.5) is 0 Å². The summed E-state index contributed by atoms with van der Waals surface area (Å²) in [7, 11) is 3.09. The summed E-state index contributed by atoms with van der Waals surface area (Å²) >= 11 is 0. The molecule has 0 N–H and O–H groups in total. The van der Waals surface area contributed by atoms with Crippen LogP contribution >= 0.6 is 0 Å². The molecule has 0 heterocycles. The lowest BCUT2D eigenvalue weighted by Crippen LogP contribution is -1.97. The number of benzene rings is 3. The van der Waals surface area contributed by atoms with E-state index in [-0.39, 0.29) is 0 Å². The van der Waals surface area contributed by atoms with Crippen molar-refractivity contribution in [1.82, 2.24) is 0 Å². The molecule has 0 unspecified atom stereocenters. The van der Waals surface area contributed by atoms with Crippen LogP contribution in [-0.2, 0) is 0 Å². The Balaban J connectivity index is 2.15. The molecule has 0 atom stereocenters. The van der Waals surface area contributed by atoms with Gasteiger partial charge in [-0.2, -0.15) is 5.26 Å². The smallest absolute Gasteiger partial charge is 0.198 e. The van der Waals surface area contributed by atoms with Gasteiger partial charge in [-0.15, -0.1) is 0 Å². The highest BCUT2D eigenvalue weighted by molar-refractivity contribution is 5.94. The van der Waals surface area contributed by atoms with Crippen LogP contribution in [-0.4, -0.2) is 14.2 Å². The van der Waals surface area contributed by atoms with Crippen LogP contribution in [0, 0.1) is 17.9 Å². The zero-order chi connectivity index (χ0) is 21.3. The van der Waals surface area contributed by atoms with Gasteiger partial charge < -0.3 is 9.47 Å². The summed E-state index contributed by atoms with van der Waals surface area (Å²) < 4.78 is 11.1. The molecule has 0 fully saturated rings. The summed E-state index contributed by atoms with van der Waals surface area (Å²) in [4.78, 5) is 3.70. The molecule has 0 spiro atoms. The summed E-state index contributed by atoms with van der Waals surface area (Å²) in [6.07, 6.45) is 3.60. The van der Waals surface area contributed by atoms with Crippen molar-refractivity contribution in [3.63, 3.8) is 0 Å². The number of nitrogens with zero attached hydrogens (tertiary/aromatic N) is 2. The molecule has 4 heteroatoms. The van der Waals surface area contributed by atoms with Crippen LogP contribution in [0.15, 0.2) is 72.8 Å². The maximum atomic E-state index is 9.77. The molecular weight excluding hydrogens is 372 g/mol. The Bertz CT molecular complexity index is 1070. The molecule has 0 saturated carbocycles. The molecule has 0 aromatic heterocycles. The van der Waals surface area contributed by atoms with Crippen molar-refractivity contribution in [1.29, 1.82) is 5.26 Å². The molecule has 3 rings (SSSR count). The van der Waals surface area contributed by atoms with Crippen LogP contribution < -0.4 is 9.47 Å². The van der Waals surface area contributed by atoms with Crippen molar-refractivity contribution >= 4 is 23.4 Å². The Hall–Kier alpha value is -4.28. The van der Waals surface area contributed by atoms with Crippen LogP contribution in [0.25, 0.3) is 28.3 Å². The Kier molecular flexibility index (Phi) is 6.66. The molecule has 0 amide bonds. The van der Waals surface area contributed by atoms with E-state index < -0.39 is 0 Å². The van der Waals surface area contributed by atoms with Crippen LogP contribution in [0.3, 0.4) is 0 Å². The van der Waals surface area contributed by atoms with Crippen molar-refractivity contribution in [2.45, 2.75) is 0 Å². The second-order valence-corrected chi connectivity index (χ2v) is 6.39. The zero-order valence-corrected chi connectivity index (χ0v) is 16.8. The second-order valence-electron chi connectivity index (χ2n) is 6.39. The molecule has 0 bridgehead atoms. The van der Waals surface area contributed by atoms with E-state index in [9.17, 15) is 5.26 Å². The number of ether oxygens (including phenoxy) is 2. The summed E-state index contributed by atoms with van der Waals surface area (Å²) in [5, 5.41) is 9.77. The van der Waals surface area contributed by atoms with Crippen molar-refractivity contribution in [2.75, 3.05) is 14.2 Å². The summed E-state index contributed by atoms with van der Waals surface area (Å²) in [5.74, 6) is 0.996. The topological polar surface area (TPSA) is 46.6 Å². The van der Waals surface area contributed by atoms with Gasteiger partial charge in [0, 0.05) is 11.1 Å². The first-order chi connectivity index (χ1) is 14.7. The number of allylic oxidation sites excluding steroid dienone is 1. The maximum Gasteiger partial charge on any atom is 0.198 e. The third-order valence-electron chi connectivity index (χ3n) is 4.54. The molecule has 4 nitrogen and oxygen atoms in total. The maximum absolute atomic E-state index is 9.77. The highest BCUT2D eigenvalue weighted by Crippen LogP contribution is 2.38. The fraction of sp³-hybridized carbons (Fsp3) is 0.0769. The molecule has 0 aliphatic rings. The lowest BCUT2D eigenvalue weighted by atomic mass is 9.98. The molecule has 146 valence electrons. The number of rotatable bonds is 6. The predicted molar refractivity (Wildman–Crippen MR) is 120 cm³/mol. The number of nitriles is 1. The van der Waals surface area contributed by atoms with E-state index in [0.29, 0.717) is 33.9 Å². The predicted octanol–water partition coefficient (Wildman–Crippen LogP) is 6.19. The van der Waals surface area contributed by atoms with Gasteiger partial charge in [-0.05, 0) is 35.4 Å². The number of methoxy groups -OCH3 is 2. The molecule has 3 aromatic rings. The molecular formula is C26H20N2O2. The minimum Gasteiger partial charge on any atom is -0.497 e. The minimum atomic E-state index is 0.424. The molecule has 30 heavy (non-hydrogen) atoms. The lowest BCUT2D eigenvalue weighted by Gasteiger charge is -2.14. The van der Waals surface area contributed by atoms with Gasteiger partial charge in [-0.25, -0.2) is 4.85 Å². The average Bonchev–Trinajstić information content (AvgIpc) is 2.81. The lowest BCUT2D eigenvalue weighted by molar-refractivity contribution is 0.401. The van der Waals surface area contributed by atoms with E-state index in [1.165, 1.54) is 0 Å². The number of hydrogen-bond acceptors (Lipinski definition) is 3. The van der Waals surface area contributed by atoms with Crippen molar-refractivity contribution in [3.8, 4) is 17.6 Å². The molecule has 0 aliphatic heterocycles. The van der Waals surface area contributed by atoms with E-state index in [0.717, 1.165) is 11.1 Å². The van der Waals surface area contributed by atoms with E-state index >= 15 is 0 Å². The fourth-order valence-corrected chi connectivity index (χ4v) is 3.07. The summed E-state index contributed by atoms with van der Waals surface area (Å²) in [6.45, 7) is 7.67. The third kappa shape index (κ3) is 4.58. The normalized spacial score (nSPS) is 11.3. The Morgan fingerprint density at radius 1 is 0.833 bits per heavy atom. The van der Waals surface area contributed by atoms with Gasteiger partial charge in [-0.3, -0.25) is 0 Å². The first-order valence-electron chi connectivity index (χ1n) is 9.28. The molecule has 0 radical (unpaired) electrons. The SMILES string of the molecule is [C-]#[N+]C(=Cc1ccccc1)c1cc(OC)c(C(C#N)=Cc2ccccc2)cc1OC. The van der Waals surface area contributed by atoms with E-state index in [1.54, 1.807) is 38.5 Å². The third-order valence-corrected chi connectivity index (χ3v) is 4.54. The van der Waals surface area contributed by atoms with E-state index in [4.69, 9.17) is 16.0 Å². The highest BCUT2D eigenvalue weighted by atomic mass is 16.5. The standard InChI is InChI=1S/C26H20N2O2/c1-28-24(15-20-12-8-5-9-13-20)23-17-25(29-2)22(16-26(23)30-3)21(18-27)14-19-10-6-4-7-11-19/h4-17H,2-3H3. The monoisotopic (exact) mass is 392 g/mol. The van der Waals surface area contributed by atoms with Gasteiger partial charge in [0.2, 0.25) is 0 Å². The Morgan fingerprint density at radius 2 is 1.33 bits per heavy atom. The molecule has 0 saturated heterocycles. The van der Waals surface area contributed by atoms with E-state index in [2.05, 4.69) is 10.9 Å². The van der Waals surface area contributed by atoms with E-state index in [1.807, 2.05) is 60.7 Å². The van der Waals surface area contributed by atoms with Gasteiger partial charge in [0.1, 0.15) is 11.5 Å². The fourth-order valence-electron chi connectivity index (χ4n) is 3.07. The summed E-state index contributed by atoms with van der Waals surface area (Å²) in [6, 6.07) is 25.0. The molecule has 3 aromatic carbocycles. The zero-order valence-electron chi connectivity index (χ0n) is 16.8. The summed E-state index contributed by atoms with van der Waals surface area (Å²) in [5.41, 5.74) is 3.90. The van der Waals surface area contributed by atoms with Crippen molar-refractivity contribution in [2.24, 2.45) is 0 Å². The van der Waals surface area contributed by atoms with Gasteiger partial charge in [0.15, 0.2) is 5.70 Å². The van der Waals surface area contributed by atoms with Crippen molar-refractivity contribution in [3.05, 3.63) is 106 Å². The van der Waals surface area contributed by atoms with Crippen LogP contribution in [0.2, 0.25) is 0 Å². The molecule has 0 aliphatic carbocycles. The quantitative estimate of drug-likeness (QED) is 0.286. The first-order valence-corrected chi connectivity index (χ1v) is 9.28. The average molecular weight is 392 g/mol. The first kappa shape index (κ1) is 20.5. The van der Waals surface area contributed by atoms with Gasteiger partial charge >= 0.3 is 0 Å². The minimum absolute atomic E-state index is 0.424.